The molecule has 1 saturated heterocycles. The number of ether oxygens (including phenoxy) is 1. The minimum Gasteiger partial charge on any atom is -0.466 e. The highest BCUT2D eigenvalue weighted by Crippen LogP contribution is 2.18. The van der Waals surface area contributed by atoms with Crippen LogP contribution in [0.5, 0.6) is 0 Å². The highest BCUT2D eigenvalue weighted by atomic mass is 16.5. The predicted molar refractivity (Wildman–Crippen MR) is 64.5 cm³/mol. The molecule has 0 spiro atoms. The smallest absolute Gasteiger partial charge is 0.309 e. The molecule has 0 radical (unpaired) electrons. The molecule has 0 aromatic carbocycles. The normalized spacial score (nSPS) is 16.9. The predicted octanol–water partition coefficient (Wildman–Crippen LogP) is 0.398. The number of piperidine rings is 1. The Balaban J connectivity index is 2.30. The van der Waals surface area contributed by atoms with Crippen LogP contribution in [0.25, 0.3) is 0 Å². The van der Waals surface area contributed by atoms with E-state index >= 15 is 0 Å². The molecule has 0 unspecified atom stereocenters. The molecule has 5 heteroatoms. The zero-order valence-corrected chi connectivity index (χ0v) is 10.7. The summed E-state index contributed by atoms with van der Waals surface area (Å²) in [5, 5.41) is 3.02. The maximum atomic E-state index is 11.7. The molecule has 1 aliphatic rings. The third-order valence-corrected chi connectivity index (χ3v) is 2.99. The van der Waals surface area contributed by atoms with Crippen LogP contribution in [0.15, 0.2) is 0 Å². The van der Waals surface area contributed by atoms with Gasteiger partial charge >= 0.3 is 5.97 Å². The second-order valence-corrected chi connectivity index (χ2v) is 4.19. The minimum atomic E-state index is -0.119. The molecule has 1 fully saturated rings. The van der Waals surface area contributed by atoms with E-state index in [0.717, 1.165) is 19.4 Å². The van der Waals surface area contributed by atoms with Crippen molar-refractivity contribution in [2.24, 2.45) is 5.92 Å². The molecule has 0 aromatic heterocycles. The summed E-state index contributed by atoms with van der Waals surface area (Å²) < 4.78 is 4.99. The van der Waals surface area contributed by atoms with Crippen molar-refractivity contribution < 1.29 is 14.3 Å². The summed E-state index contributed by atoms with van der Waals surface area (Å²) in [4.78, 5) is 25.0. The molecule has 0 bridgehead atoms. The molecular weight excluding hydrogens is 220 g/mol. The van der Waals surface area contributed by atoms with Gasteiger partial charge in [-0.3, -0.25) is 9.59 Å². The van der Waals surface area contributed by atoms with E-state index in [1.54, 1.807) is 0 Å². The molecule has 17 heavy (non-hydrogen) atoms. The zero-order chi connectivity index (χ0) is 12.7. The number of likely N-dealkylation sites (N-methyl/N-ethyl adjacent to an activating group) is 1. The van der Waals surface area contributed by atoms with Gasteiger partial charge in [-0.05, 0) is 26.3 Å². The monoisotopic (exact) mass is 242 g/mol. The standard InChI is InChI=1S/C12H22N2O3/c1-3-13-9-11(15)14-7-5-10(6-8-14)12(16)17-4-2/h10,13H,3-9H2,1-2H3. The molecule has 0 aromatic rings. The summed E-state index contributed by atoms with van der Waals surface area (Å²) in [7, 11) is 0. The van der Waals surface area contributed by atoms with Crippen LogP contribution in [0.3, 0.4) is 0 Å². The Morgan fingerprint density at radius 2 is 1.94 bits per heavy atom. The van der Waals surface area contributed by atoms with E-state index in [2.05, 4.69) is 5.32 Å². The summed E-state index contributed by atoms with van der Waals surface area (Å²) in [6.45, 7) is 6.72. The van der Waals surface area contributed by atoms with Gasteiger partial charge in [-0.15, -0.1) is 0 Å². The van der Waals surface area contributed by atoms with Crippen LogP contribution in [0.1, 0.15) is 26.7 Å². The van der Waals surface area contributed by atoms with E-state index in [1.807, 2.05) is 18.7 Å². The van der Waals surface area contributed by atoms with Crippen molar-refractivity contribution in [1.29, 1.82) is 0 Å². The van der Waals surface area contributed by atoms with E-state index in [4.69, 9.17) is 4.74 Å². The number of nitrogens with one attached hydrogen (secondary N) is 1. The largest absolute Gasteiger partial charge is 0.466 e. The van der Waals surface area contributed by atoms with Crippen LogP contribution in [-0.4, -0.2) is 49.6 Å². The Labute approximate surface area is 102 Å². The Hall–Kier alpha value is -1.10. The van der Waals surface area contributed by atoms with E-state index in [-0.39, 0.29) is 17.8 Å². The van der Waals surface area contributed by atoms with Gasteiger partial charge in [-0.1, -0.05) is 6.92 Å². The molecule has 1 heterocycles. The molecule has 0 atom stereocenters. The first-order chi connectivity index (χ1) is 8.19. The first kappa shape index (κ1) is 14.0. The number of nitrogens with zero attached hydrogens (tertiary/aromatic N) is 1. The summed E-state index contributed by atoms with van der Waals surface area (Å²) in [5.74, 6) is -0.0291. The molecule has 0 saturated carbocycles. The molecule has 1 rings (SSSR count). The van der Waals surface area contributed by atoms with E-state index < -0.39 is 0 Å². The zero-order valence-electron chi connectivity index (χ0n) is 10.7. The van der Waals surface area contributed by atoms with Gasteiger partial charge in [0.1, 0.15) is 0 Å². The molecule has 0 aliphatic carbocycles. The molecule has 1 amide bonds. The van der Waals surface area contributed by atoms with Gasteiger partial charge in [0.05, 0.1) is 19.1 Å². The lowest BCUT2D eigenvalue weighted by atomic mass is 9.97. The van der Waals surface area contributed by atoms with Crippen molar-refractivity contribution in [3.63, 3.8) is 0 Å². The summed E-state index contributed by atoms with van der Waals surface area (Å²) in [5.41, 5.74) is 0. The average Bonchev–Trinajstić information content (AvgIpc) is 2.36. The van der Waals surface area contributed by atoms with Gasteiger partial charge < -0.3 is 15.0 Å². The second kappa shape index (κ2) is 7.27. The van der Waals surface area contributed by atoms with Crippen molar-refractivity contribution in [3.05, 3.63) is 0 Å². The van der Waals surface area contributed by atoms with Gasteiger partial charge in [-0.2, -0.15) is 0 Å². The average molecular weight is 242 g/mol. The maximum Gasteiger partial charge on any atom is 0.309 e. The summed E-state index contributed by atoms with van der Waals surface area (Å²) in [6, 6.07) is 0. The fourth-order valence-electron chi connectivity index (χ4n) is 1.97. The van der Waals surface area contributed by atoms with Gasteiger partial charge in [0, 0.05) is 13.1 Å². The molecular formula is C12H22N2O3. The van der Waals surface area contributed by atoms with Crippen LogP contribution >= 0.6 is 0 Å². The van der Waals surface area contributed by atoms with Crippen LogP contribution in [-0.2, 0) is 14.3 Å². The highest BCUT2D eigenvalue weighted by molar-refractivity contribution is 5.79. The number of rotatable bonds is 5. The van der Waals surface area contributed by atoms with Gasteiger partial charge in [0.2, 0.25) is 5.91 Å². The Morgan fingerprint density at radius 3 is 2.47 bits per heavy atom. The maximum absolute atomic E-state index is 11.7. The topological polar surface area (TPSA) is 58.6 Å². The minimum absolute atomic E-state index is 0.0295. The lowest BCUT2D eigenvalue weighted by Crippen LogP contribution is -2.44. The van der Waals surface area contributed by atoms with Gasteiger partial charge in [-0.25, -0.2) is 0 Å². The lowest BCUT2D eigenvalue weighted by Gasteiger charge is -2.30. The molecule has 5 nitrogen and oxygen atoms in total. The number of likely N-dealkylation sites (tertiary alicyclic amines) is 1. The second-order valence-electron chi connectivity index (χ2n) is 4.19. The number of esters is 1. The van der Waals surface area contributed by atoms with Crippen molar-refractivity contribution >= 4 is 11.9 Å². The van der Waals surface area contributed by atoms with E-state index in [9.17, 15) is 9.59 Å². The number of carbonyl (C=O) groups excluding carboxylic acids is 2. The lowest BCUT2D eigenvalue weighted by molar-refractivity contribution is -0.151. The molecule has 1 aliphatic heterocycles. The van der Waals surface area contributed by atoms with E-state index in [1.165, 1.54) is 0 Å². The van der Waals surface area contributed by atoms with Crippen LogP contribution < -0.4 is 5.32 Å². The highest BCUT2D eigenvalue weighted by Gasteiger charge is 2.27. The van der Waals surface area contributed by atoms with Crippen molar-refractivity contribution in [2.45, 2.75) is 26.7 Å². The quantitative estimate of drug-likeness (QED) is 0.709. The SMILES string of the molecule is CCNCC(=O)N1CCC(C(=O)OCC)CC1. The third-order valence-electron chi connectivity index (χ3n) is 2.99. The van der Waals surface area contributed by atoms with Crippen molar-refractivity contribution in [2.75, 3.05) is 32.8 Å². The molecule has 98 valence electrons. The Bertz CT molecular complexity index is 260. The molecule has 1 N–H and O–H groups in total. The third kappa shape index (κ3) is 4.34. The number of hydrogen-bond acceptors (Lipinski definition) is 4. The number of hydrogen-bond donors (Lipinski definition) is 1. The first-order valence-electron chi connectivity index (χ1n) is 6.34. The van der Waals surface area contributed by atoms with Gasteiger partial charge in [0.25, 0.3) is 0 Å². The van der Waals surface area contributed by atoms with Crippen LogP contribution in [0.2, 0.25) is 0 Å². The van der Waals surface area contributed by atoms with Crippen molar-refractivity contribution in [3.8, 4) is 0 Å². The first-order valence-corrected chi connectivity index (χ1v) is 6.34. The number of amides is 1. The summed E-state index contributed by atoms with van der Waals surface area (Å²) >= 11 is 0. The fraction of sp³-hybridized carbons (Fsp3) is 0.833. The van der Waals surface area contributed by atoms with Crippen molar-refractivity contribution in [1.82, 2.24) is 10.2 Å². The van der Waals surface area contributed by atoms with Crippen LogP contribution in [0.4, 0.5) is 0 Å². The Morgan fingerprint density at radius 1 is 1.29 bits per heavy atom. The fourth-order valence-corrected chi connectivity index (χ4v) is 1.97. The van der Waals surface area contributed by atoms with Crippen LogP contribution in [0, 0.1) is 5.92 Å². The Kier molecular flexibility index (Phi) is 5.97. The van der Waals surface area contributed by atoms with E-state index in [0.29, 0.717) is 26.2 Å². The number of carbonyl (C=O) groups is 2. The summed E-state index contributed by atoms with van der Waals surface area (Å²) in [6.07, 6.45) is 1.44. The van der Waals surface area contributed by atoms with Gasteiger partial charge in [0.15, 0.2) is 0 Å².